The van der Waals surface area contributed by atoms with E-state index >= 15 is 0 Å². The van der Waals surface area contributed by atoms with Gasteiger partial charge in [-0.15, -0.1) is 0 Å². The van der Waals surface area contributed by atoms with E-state index in [0.29, 0.717) is 5.69 Å². The van der Waals surface area contributed by atoms with Crippen LogP contribution < -0.4 is 0 Å². The molecule has 0 aliphatic heterocycles. The predicted octanol–water partition coefficient (Wildman–Crippen LogP) is 3.82. The summed E-state index contributed by atoms with van der Waals surface area (Å²) in [4.78, 5) is 16.7. The van der Waals surface area contributed by atoms with Crippen molar-refractivity contribution in [2.75, 3.05) is 0 Å². The normalized spacial score (nSPS) is 21.3. The fourth-order valence-corrected chi connectivity index (χ4v) is 2.89. The minimum Gasteiger partial charge on any atom is -0.297 e. The van der Waals surface area contributed by atoms with Gasteiger partial charge in [-0.1, -0.05) is 34.1 Å². The first kappa shape index (κ1) is 14.0. The Morgan fingerprint density at radius 2 is 2.05 bits per heavy atom. The summed E-state index contributed by atoms with van der Waals surface area (Å²) in [5.74, 6) is -0.580. The van der Waals surface area contributed by atoms with Gasteiger partial charge in [-0.05, 0) is 42.2 Å². The van der Waals surface area contributed by atoms with E-state index in [-0.39, 0.29) is 17.6 Å². The Hall–Kier alpha value is -1.99. The summed E-state index contributed by atoms with van der Waals surface area (Å²) in [6.07, 6.45) is 2.44. The van der Waals surface area contributed by atoms with Crippen LogP contribution in [0.15, 0.2) is 53.1 Å². The number of ketones is 1. The first-order valence-corrected chi connectivity index (χ1v) is 7.59. The smallest absolute Gasteiger partial charge is 0.159 e. The van der Waals surface area contributed by atoms with Gasteiger partial charge in [0.1, 0.15) is 5.92 Å². The van der Waals surface area contributed by atoms with Crippen LogP contribution in [0.2, 0.25) is 0 Å². The summed E-state index contributed by atoms with van der Waals surface area (Å²) in [7, 11) is 0. The average Bonchev–Trinajstić information content (AvgIpc) is 3.30. The standard InChI is InChI=1S/C17H13BrN2O/c18-12-6-4-11(5-7-12)13-9-14(13)17(21)15(10-19)16-3-1-2-8-20-16/h1-8,13-15H,9H2/t13-,14-,15+/m1/s1. The second-order valence-corrected chi connectivity index (χ2v) is 6.13. The van der Waals surface area contributed by atoms with Crippen molar-refractivity contribution in [3.05, 3.63) is 64.4 Å². The molecule has 104 valence electrons. The predicted molar refractivity (Wildman–Crippen MR) is 82.6 cm³/mol. The maximum Gasteiger partial charge on any atom is 0.159 e. The Morgan fingerprint density at radius 1 is 1.29 bits per heavy atom. The molecule has 2 aromatic rings. The fraction of sp³-hybridized carbons (Fsp3) is 0.235. The molecule has 0 unspecified atom stereocenters. The molecule has 1 saturated carbocycles. The summed E-state index contributed by atoms with van der Waals surface area (Å²) < 4.78 is 1.03. The van der Waals surface area contributed by atoms with Crippen LogP contribution in [0.4, 0.5) is 0 Å². The van der Waals surface area contributed by atoms with Gasteiger partial charge in [0, 0.05) is 16.6 Å². The molecular weight excluding hydrogens is 328 g/mol. The molecule has 1 aliphatic carbocycles. The van der Waals surface area contributed by atoms with E-state index in [0.717, 1.165) is 16.5 Å². The van der Waals surface area contributed by atoms with Crippen molar-refractivity contribution >= 4 is 21.7 Å². The van der Waals surface area contributed by atoms with Crippen LogP contribution in [0.25, 0.3) is 0 Å². The second-order valence-electron chi connectivity index (χ2n) is 5.22. The van der Waals surface area contributed by atoms with E-state index in [4.69, 9.17) is 0 Å². The number of aromatic nitrogens is 1. The van der Waals surface area contributed by atoms with Crippen LogP contribution in [0.1, 0.15) is 29.5 Å². The highest BCUT2D eigenvalue weighted by atomic mass is 79.9. The number of nitrogens with zero attached hydrogens (tertiary/aromatic N) is 2. The lowest BCUT2D eigenvalue weighted by Crippen LogP contribution is -2.14. The Bertz CT molecular complexity index is 691. The molecule has 0 bridgehead atoms. The molecule has 1 aliphatic rings. The number of hydrogen-bond donors (Lipinski definition) is 0. The van der Waals surface area contributed by atoms with E-state index < -0.39 is 5.92 Å². The molecule has 0 saturated heterocycles. The topological polar surface area (TPSA) is 53.8 Å². The highest BCUT2D eigenvalue weighted by Gasteiger charge is 2.46. The van der Waals surface area contributed by atoms with Gasteiger partial charge in [-0.2, -0.15) is 5.26 Å². The number of carbonyl (C=O) groups is 1. The van der Waals surface area contributed by atoms with Gasteiger partial charge in [0.2, 0.25) is 0 Å². The second kappa shape index (κ2) is 5.79. The maximum absolute atomic E-state index is 12.5. The van der Waals surface area contributed by atoms with Crippen LogP contribution >= 0.6 is 15.9 Å². The molecule has 3 rings (SSSR count). The first-order valence-electron chi connectivity index (χ1n) is 6.80. The molecule has 0 spiro atoms. The number of pyridine rings is 1. The molecule has 3 atom stereocenters. The Labute approximate surface area is 131 Å². The van der Waals surface area contributed by atoms with Gasteiger partial charge >= 0.3 is 0 Å². The number of benzene rings is 1. The van der Waals surface area contributed by atoms with Crippen LogP contribution in [0.3, 0.4) is 0 Å². The average molecular weight is 341 g/mol. The van der Waals surface area contributed by atoms with Crippen LogP contribution in [-0.4, -0.2) is 10.8 Å². The fourth-order valence-electron chi connectivity index (χ4n) is 2.62. The molecule has 3 nitrogen and oxygen atoms in total. The maximum atomic E-state index is 12.5. The largest absolute Gasteiger partial charge is 0.297 e. The molecule has 4 heteroatoms. The molecule has 1 aromatic heterocycles. The zero-order valence-corrected chi connectivity index (χ0v) is 12.8. The molecule has 1 fully saturated rings. The molecule has 21 heavy (non-hydrogen) atoms. The summed E-state index contributed by atoms with van der Waals surface area (Å²) in [5, 5.41) is 9.30. The van der Waals surface area contributed by atoms with Gasteiger partial charge < -0.3 is 0 Å². The number of rotatable bonds is 4. The van der Waals surface area contributed by atoms with Gasteiger partial charge in [-0.3, -0.25) is 9.78 Å². The van der Waals surface area contributed by atoms with Crippen molar-refractivity contribution in [2.45, 2.75) is 18.3 Å². The number of halogens is 1. The third-order valence-electron chi connectivity index (χ3n) is 3.85. The third-order valence-corrected chi connectivity index (χ3v) is 4.38. The van der Waals surface area contributed by atoms with E-state index in [2.05, 4.69) is 27.0 Å². The van der Waals surface area contributed by atoms with Crippen molar-refractivity contribution < 1.29 is 4.79 Å². The van der Waals surface area contributed by atoms with Crippen LogP contribution in [0.5, 0.6) is 0 Å². The Balaban J connectivity index is 1.75. The lowest BCUT2D eigenvalue weighted by molar-refractivity contribution is -0.120. The summed E-state index contributed by atoms with van der Waals surface area (Å²) in [5.41, 5.74) is 1.71. The molecule has 0 N–H and O–H groups in total. The van der Waals surface area contributed by atoms with Crippen molar-refractivity contribution in [1.82, 2.24) is 4.98 Å². The SMILES string of the molecule is N#C[C@H](C(=O)[C@@H]1C[C@@H]1c1ccc(Br)cc1)c1ccccn1. The summed E-state index contributed by atoms with van der Waals surface area (Å²) in [6, 6.07) is 15.5. The van der Waals surface area contributed by atoms with Gasteiger partial charge in [0.25, 0.3) is 0 Å². The first-order chi connectivity index (χ1) is 10.2. The monoisotopic (exact) mass is 340 g/mol. The zero-order chi connectivity index (χ0) is 14.8. The van der Waals surface area contributed by atoms with Crippen molar-refractivity contribution in [3.8, 4) is 6.07 Å². The van der Waals surface area contributed by atoms with E-state index in [1.165, 1.54) is 0 Å². The Kier molecular flexibility index (Phi) is 3.85. The van der Waals surface area contributed by atoms with Crippen molar-refractivity contribution in [2.24, 2.45) is 5.92 Å². The molecule has 0 radical (unpaired) electrons. The lowest BCUT2D eigenvalue weighted by atomic mass is 9.95. The van der Waals surface area contributed by atoms with Gasteiger partial charge in [0.05, 0.1) is 11.8 Å². The number of Topliss-reactive ketones (excluding diaryl/α,β-unsaturated/α-hetero) is 1. The highest BCUT2D eigenvalue weighted by Crippen LogP contribution is 2.50. The molecule has 1 heterocycles. The minimum atomic E-state index is -0.753. The summed E-state index contributed by atoms with van der Waals surface area (Å²) in [6.45, 7) is 0. The highest BCUT2D eigenvalue weighted by molar-refractivity contribution is 9.10. The lowest BCUT2D eigenvalue weighted by Gasteiger charge is -2.07. The number of nitriles is 1. The van der Waals surface area contributed by atoms with E-state index in [9.17, 15) is 10.1 Å². The molecule has 1 aromatic carbocycles. The molecular formula is C17H13BrN2O. The Morgan fingerprint density at radius 3 is 2.67 bits per heavy atom. The minimum absolute atomic E-state index is 0.0101. The zero-order valence-electron chi connectivity index (χ0n) is 11.2. The van der Waals surface area contributed by atoms with Crippen LogP contribution in [0, 0.1) is 17.2 Å². The van der Waals surface area contributed by atoms with Crippen molar-refractivity contribution in [1.29, 1.82) is 5.26 Å². The van der Waals surface area contributed by atoms with Gasteiger partial charge in [0.15, 0.2) is 5.78 Å². The van der Waals surface area contributed by atoms with Gasteiger partial charge in [-0.25, -0.2) is 0 Å². The number of hydrogen-bond acceptors (Lipinski definition) is 3. The van der Waals surface area contributed by atoms with E-state index in [1.807, 2.05) is 24.3 Å². The van der Waals surface area contributed by atoms with E-state index in [1.54, 1.807) is 24.4 Å². The van der Waals surface area contributed by atoms with Crippen molar-refractivity contribution in [3.63, 3.8) is 0 Å². The third kappa shape index (κ3) is 2.88. The van der Waals surface area contributed by atoms with Crippen LogP contribution in [-0.2, 0) is 4.79 Å². The quantitative estimate of drug-likeness (QED) is 0.849. The number of carbonyl (C=O) groups excluding carboxylic acids is 1. The molecule has 0 amide bonds. The summed E-state index contributed by atoms with van der Waals surface area (Å²) >= 11 is 3.41.